The summed E-state index contributed by atoms with van der Waals surface area (Å²) in [6.07, 6.45) is 0. The van der Waals surface area contributed by atoms with E-state index in [1.54, 1.807) is 0 Å². The molecule has 1 atom stereocenters. The van der Waals surface area contributed by atoms with Crippen molar-refractivity contribution < 1.29 is 4.74 Å². The van der Waals surface area contributed by atoms with Crippen LogP contribution in [0, 0.1) is 6.92 Å². The van der Waals surface area contributed by atoms with Gasteiger partial charge in [0.15, 0.2) is 0 Å². The van der Waals surface area contributed by atoms with Gasteiger partial charge < -0.3 is 10.5 Å². The molecule has 0 saturated heterocycles. The molecular weight excluding hydrogens is 162 g/mol. The summed E-state index contributed by atoms with van der Waals surface area (Å²) >= 11 is 0. The minimum atomic E-state index is 0.0920. The van der Waals surface area contributed by atoms with E-state index in [1.165, 1.54) is 0 Å². The van der Waals surface area contributed by atoms with Crippen LogP contribution in [0.15, 0.2) is 18.2 Å². The van der Waals surface area contributed by atoms with Crippen LogP contribution in [-0.4, -0.2) is 6.61 Å². The van der Waals surface area contributed by atoms with Crippen LogP contribution in [0.5, 0.6) is 5.75 Å². The predicted molar refractivity (Wildman–Crippen MR) is 55.0 cm³/mol. The molecular formula is C11H17NO. The number of hydrogen-bond donors (Lipinski definition) is 1. The van der Waals surface area contributed by atoms with E-state index in [2.05, 4.69) is 6.07 Å². The van der Waals surface area contributed by atoms with Crippen molar-refractivity contribution in [2.75, 3.05) is 6.61 Å². The molecule has 0 amide bonds. The van der Waals surface area contributed by atoms with E-state index in [0.717, 1.165) is 16.9 Å². The van der Waals surface area contributed by atoms with Gasteiger partial charge in [-0.25, -0.2) is 0 Å². The van der Waals surface area contributed by atoms with Crippen molar-refractivity contribution >= 4 is 0 Å². The highest BCUT2D eigenvalue weighted by Crippen LogP contribution is 2.21. The Bertz CT molecular complexity index is 281. The number of benzene rings is 1. The van der Waals surface area contributed by atoms with Gasteiger partial charge in [0.25, 0.3) is 0 Å². The second-order valence-corrected chi connectivity index (χ2v) is 3.25. The SMILES string of the molecule is CCOc1ccc(C(C)N)cc1C. The summed E-state index contributed by atoms with van der Waals surface area (Å²) in [5.41, 5.74) is 8.07. The minimum Gasteiger partial charge on any atom is -0.494 e. The third-order valence-corrected chi connectivity index (χ3v) is 2.02. The van der Waals surface area contributed by atoms with Crippen molar-refractivity contribution in [3.63, 3.8) is 0 Å². The number of nitrogens with two attached hydrogens (primary N) is 1. The molecule has 0 heterocycles. The fraction of sp³-hybridized carbons (Fsp3) is 0.455. The monoisotopic (exact) mass is 179 g/mol. The number of aryl methyl sites for hydroxylation is 1. The van der Waals surface area contributed by atoms with E-state index in [9.17, 15) is 0 Å². The molecule has 72 valence electrons. The lowest BCUT2D eigenvalue weighted by Gasteiger charge is -2.10. The maximum absolute atomic E-state index is 5.77. The van der Waals surface area contributed by atoms with Gasteiger partial charge in [0, 0.05) is 6.04 Å². The van der Waals surface area contributed by atoms with Crippen LogP contribution in [0.3, 0.4) is 0 Å². The van der Waals surface area contributed by atoms with Gasteiger partial charge in [-0.3, -0.25) is 0 Å². The number of hydrogen-bond acceptors (Lipinski definition) is 2. The molecule has 0 aliphatic rings. The van der Waals surface area contributed by atoms with Crippen molar-refractivity contribution in [1.29, 1.82) is 0 Å². The summed E-state index contributed by atoms with van der Waals surface area (Å²) in [5.74, 6) is 0.951. The van der Waals surface area contributed by atoms with Gasteiger partial charge in [-0.15, -0.1) is 0 Å². The second-order valence-electron chi connectivity index (χ2n) is 3.25. The van der Waals surface area contributed by atoms with Crippen molar-refractivity contribution in [1.82, 2.24) is 0 Å². The summed E-state index contributed by atoms with van der Waals surface area (Å²) in [7, 11) is 0. The van der Waals surface area contributed by atoms with Crippen LogP contribution in [0.25, 0.3) is 0 Å². The maximum Gasteiger partial charge on any atom is 0.122 e. The zero-order valence-electron chi connectivity index (χ0n) is 8.50. The first kappa shape index (κ1) is 10.1. The molecule has 2 heteroatoms. The molecule has 0 bridgehead atoms. The second kappa shape index (κ2) is 4.28. The zero-order chi connectivity index (χ0) is 9.84. The van der Waals surface area contributed by atoms with Crippen LogP contribution in [0.1, 0.15) is 31.0 Å². The standard InChI is InChI=1S/C11H17NO/c1-4-13-11-6-5-10(9(3)12)7-8(11)2/h5-7,9H,4,12H2,1-3H3. The summed E-state index contributed by atoms with van der Waals surface area (Å²) in [5, 5.41) is 0. The van der Waals surface area contributed by atoms with Gasteiger partial charge in [0.05, 0.1) is 6.61 Å². The van der Waals surface area contributed by atoms with Crippen molar-refractivity contribution in [2.45, 2.75) is 26.8 Å². The molecule has 2 nitrogen and oxygen atoms in total. The van der Waals surface area contributed by atoms with Crippen LogP contribution >= 0.6 is 0 Å². The Morgan fingerprint density at radius 2 is 2.15 bits per heavy atom. The van der Waals surface area contributed by atoms with E-state index in [4.69, 9.17) is 10.5 Å². The highest BCUT2D eigenvalue weighted by molar-refractivity contribution is 5.37. The van der Waals surface area contributed by atoms with E-state index in [-0.39, 0.29) is 6.04 Å². The predicted octanol–water partition coefficient (Wildman–Crippen LogP) is 2.41. The molecule has 0 aliphatic carbocycles. The van der Waals surface area contributed by atoms with E-state index < -0.39 is 0 Å². The molecule has 2 N–H and O–H groups in total. The topological polar surface area (TPSA) is 35.2 Å². The molecule has 0 spiro atoms. The molecule has 1 unspecified atom stereocenters. The lowest BCUT2D eigenvalue weighted by molar-refractivity contribution is 0.337. The lowest BCUT2D eigenvalue weighted by Crippen LogP contribution is -2.05. The highest BCUT2D eigenvalue weighted by atomic mass is 16.5. The Morgan fingerprint density at radius 3 is 2.62 bits per heavy atom. The average Bonchev–Trinajstić information content (AvgIpc) is 2.08. The molecule has 13 heavy (non-hydrogen) atoms. The lowest BCUT2D eigenvalue weighted by atomic mass is 10.1. The van der Waals surface area contributed by atoms with Gasteiger partial charge in [-0.2, -0.15) is 0 Å². The molecule has 0 aromatic heterocycles. The van der Waals surface area contributed by atoms with Gasteiger partial charge in [-0.1, -0.05) is 12.1 Å². The fourth-order valence-corrected chi connectivity index (χ4v) is 1.27. The van der Waals surface area contributed by atoms with Crippen LogP contribution in [0.4, 0.5) is 0 Å². The molecule has 0 fully saturated rings. The maximum atomic E-state index is 5.77. The highest BCUT2D eigenvalue weighted by Gasteiger charge is 2.03. The molecule has 1 aromatic rings. The Morgan fingerprint density at radius 1 is 1.46 bits per heavy atom. The Kier molecular flexibility index (Phi) is 3.32. The fourth-order valence-electron chi connectivity index (χ4n) is 1.27. The van der Waals surface area contributed by atoms with Crippen LogP contribution < -0.4 is 10.5 Å². The number of ether oxygens (including phenoxy) is 1. The summed E-state index contributed by atoms with van der Waals surface area (Å²) < 4.78 is 5.43. The molecule has 0 aliphatic heterocycles. The summed E-state index contributed by atoms with van der Waals surface area (Å²) in [6, 6.07) is 6.17. The van der Waals surface area contributed by atoms with E-state index in [0.29, 0.717) is 6.61 Å². The first-order chi connectivity index (χ1) is 6.15. The smallest absolute Gasteiger partial charge is 0.122 e. The Hall–Kier alpha value is -1.02. The van der Waals surface area contributed by atoms with Crippen molar-refractivity contribution in [3.05, 3.63) is 29.3 Å². The van der Waals surface area contributed by atoms with Gasteiger partial charge in [0.1, 0.15) is 5.75 Å². The molecule has 0 radical (unpaired) electrons. The minimum absolute atomic E-state index is 0.0920. The Balaban J connectivity index is 2.92. The Labute approximate surface area is 79.7 Å². The molecule has 1 rings (SSSR count). The summed E-state index contributed by atoms with van der Waals surface area (Å²) in [4.78, 5) is 0. The molecule has 0 saturated carbocycles. The third-order valence-electron chi connectivity index (χ3n) is 2.02. The molecule has 1 aromatic carbocycles. The van der Waals surface area contributed by atoms with Crippen LogP contribution in [0.2, 0.25) is 0 Å². The first-order valence-electron chi connectivity index (χ1n) is 4.64. The van der Waals surface area contributed by atoms with E-state index >= 15 is 0 Å². The zero-order valence-corrected chi connectivity index (χ0v) is 8.50. The van der Waals surface area contributed by atoms with Crippen LogP contribution in [-0.2, 0) is 0 Å². The van der Waals surface area contributed by atoms with Gasteiger partial charge in [-0.05, 0) is 38.0 Å². The van der Waals surface area contributed by atoms with Crippen molar-refractivity contribution in [3.8, 4) is 5.75 Å². The third kappa shape index (κ3) is 2.46. The van der Waals surface area contributed by atoms with Gasteiger partial charge in [0.2, 0.25) is 0 Å². The van der Waals surface area contributed by atoms with Gasteiger partial charge >= 0.3 is 0 Å². The number of rotatable bonds is 3. The first-order valence-corrected chi connectivity index (χ1v) is 4.64. The summed E-state index contributed by atoms with van der Waals surface area (Å²) in [6.45, 7) is 6.71. The quantitative estimate of drug-likeness (QED) is 0.773. The van der Waals surface area contributed by atoms with Crippen molar-refractivity contribution in [2.24, 2.45) is 5.73 Å². The van der Waals surface area contributed by atoms with E-state index in [1.807, 2.05) is 32.9 Å². The largest absolute Gasteiger partial charge is 0.494 e. The average molecular weight is 179 g/mol. The normalized spacial score (nSPS) is 12.6.